The highest BCUT2D eigenvalue weighted by molar-refractivity contribution is 7.89. The van der Waals surface area contributed by atoms with Crippen LogP contribution in [-0.4, -0.2) is 19.4 Å². The number of H-pyrrole nitrogens is 1. The van der Waals surface area contributed by atoms with Gasteiger partial charge in [0.05, 0.1) is 0 Å². The standard InChI is InChI=1S/C13H20N2O3S/c1-10-5-3-2-4-6-11(10)15-19(17,18)13-9-14-8-7-12(13)16/h7-11,15H,2-6H2,1H3,(H,14,16). The zero-order valence-electron chi connectivity index (χ0n) is 11.1. The molecular formula is C13H20N2O3S. The number of hydrogen-bond acceptors (Lipinski definition) is 3. The predicted octanol–water partition coefficient (Wildman–Crippen LogP) is 1.62. The summed E-state index contributed by atoms with van der Waals surface area (Å²) in [6.07, 6.45) is 7.85. The molecule has 0 aliphatic heterocycles. The van der Waals surface area contributed by atoms with E-state index in [1.54, 1.807) is 0 Å². The lowest BCUT2D eigenvalue weighted by Gasteiger charge is -2.22. The van der Waals surface area contributed by atoms with Gasteiger partial charge in [0.15, 0.2) is 0 Å². The van der Waals surface area contributed by atoms with Crippen molar-refractivity contribution in [1.29, 1.82) is 0 Å². The maximum Gasteiger partial charge on any atom is 0.246 e. The molecule has 0 saturated heterocycles. The van der Waals surface area contributed by atoms with Gasteiger partial charge >= 0.3 is 0 Å². The van der Waals surface area contributed by atoms with Crippen LogP contribution in [0.25, 0.3) is 0 Å². The Morgan fingerprint density at radius 2 is 2.00 bits per heavy atom. The summed E-state index contributed by atoms with van der Waals surface area (Å²) < 4.78 is 27.2. The van der Waals surface area contributed by atoms with Crippen LogP contribution in [0, 0.1) is 5.92 Å². The van der Waals surface area contributed by atoms with E-state index in [2.05, 4.69) is 16.6 Å². The molecular weight excluding hydrogens is 264 g/mol. The average molecular weight is 284 g/mol. The van der Waals surface area contributed by atoms with E-state index in [9.17, 15) is 13.2 Å². The van der Waals surface area contributed by atoms with E-state index in [4.69, 9.17) is 0 Å². The first kappa shape index (κ1) is 14.3. The second kappa shape index (κ2) is 5.88. The fourth-order valence-corrected chi connectivity index (χ4v) is 3.97. The van der Waals surface area contributed by atoms with Gasteiger partial charge in [0, 0.05) is 24.5 Å². The zero-order chi connectivity index (χ0) is 13.9. The summed E-state index contributed by atoms with van der Waals surface area (Å²) in [7, 11) is -3.73. The number of nitrogens with one attached hydrogen (secondary N) is 2. The number of aromatic nitrogens is 1. The first-order valence-electron chi connectivity index (χ1n) is 6.70. The maximum absolute atomic E-state index is 12.2. The van der Waals surface area contributed by atoms with Crippen LogP contribution in [0.2, 0.25) is 0 Å². The maximum atomic E-state index is 12.2. The van der Waals surface area contributed by atoms with Crippen LogP contribution in [-0.2, 0) is 10.0 Å². The molecule has 106 valence electrons. The number of pyridine rings is 1. The Hall–Kier alpha value is -1.14. The summed E-state index contributed by atoms with van der Waals surface area (Å²) in [5, 5.41) is 0. The summed E-state index contributed by atoms with van der Waals surface area (Å²) in [6.45, 7) is 2.06. The van der Waals surface area contributed by atoms with Crippen LogP contribution >= 0.6 is 0 Å². The van der Waals surface area contributed by atoms with Crippen molar-refractivity contribution < 1.29 is 8.42 Å². The van der Waals surface area contributed by atoms with E-state index in [0.717, 1.165) is 32.1 Å². The molecule has 0 bridgehead atoms. The molecule has 0 spiro atoms. The van der Waals surface area contributed by atoms with Gasteiger partial charge in [0.2, 0.25) is 15.5 Å². The van der Waals surface area contributed by atoms with Gasteiger partial charge in [-0.15, -0.1) is 0 Å². The predicted molar refractivity (Wildman–Crippen MR) is 73.4 cm³/mol. The second-order valence-electron chi connectivity index (χ2n) is 5.22. The zero-order valence-corrected chi connectivity index (χ0v) is 11.9. The molecule has 2 rings (SSSR count). The first-order chi connectivity index (χ1) is 9.00. The lowest BCUT2D eigenvalue weighted by atomic mass is 9.98. The second-order valence-corrected chi connectivity index (χ2v) is 6.90. The van der Waals surface area contributed by atoms with Crippen molar-refractivity contribution >= 4 is 10.0 Å². The molecule has 1 aromatic rings. The van der Waals surface area contributed by atoms with Gasteiger partial charge in [-0.3, -0.25) is 4.79 Å². The minimum Gasteiger partial charge on any atom is -0.366 e. The Balaban J connectivity index is 2.21. The van der Waals surface area contributed by atoms with Crippen LogP contribution in [0.4, 0.5) is 0 Å². The molecule has 1 aliphatic carbocycles. The van der Waals surface area contributed by atoms with E-state index in [0.29, 0.717) is 5.92 Å². The highest BCUT2D eigenvalue weighted by Gasteiger charge is 2.27. The molecule has 0 radical (unpaired) electrons. The van der Waals surface area contributed by atoms with Gasteiger partial charge in [-0.1, -0.05) is 26.2 Å². The lowest BCUT2D eigenvalue weighted by molar-refractivity contribution is 0.399. The van der Waals surface area contributed by atoms with Gasteiger partial charge in [-0.2, -0.15) is 0 Å². The van der Waals surface area contributed by atoms with Gasteiger partial charge in [0.1, 0.15) is 4.90 Å². The van der Waals surface area contributed by atoms with Crippen LogP contribution in [0.15, 0.2) is 28.2 Å². The monoisotopic (exact) mass is 284 g/mol. The average Bonchev–Trinajstić information content (AvgIpc) is 2.55. The van der Waals surface area contributed by atoms with Crippen LogP contribution < -0.4 is 10.2 Å². The molecule has 1 aliphatic rings. The molecule has 1 aromatic heterocycles. The Morgan fingerprint density at radius 1 is 1.26 bits per heavy atom. The van der Waals surface area contributed by atoms with E-state index in [1.807, 2.05) is 0 Å². The topological polar surface area (TPSA) is 79.0 Å². The third-order valence-electron chi connectivity index (χ3n) is 3.75. The Morgan fingerprint density at radius 3 is 2.74 bits per heavy atom. The molecule has 19 heavy (non-hydrogen) atoms. The normalized spacial score (nSPS) is 24.9. The number of rotatable bonds is 3. The van der Waals surface area contributed by atoms with Gasteiger partial charge in [0.25, 0.3) is 0 Å². The minimum atomic E-state index is -3.73. The highest BCUT2D eigenvalue weighted by Crippen LogP contribution is 2.24. The molecule has 1 fully saturated rings. The fourth-order valence-electron chi connectivity index (χ4n) is 2.54. The summed E-state index contributed by atoms with van der Waals surface area (Å²) in [6, 6.07) is 1.15. The summed E-state index contributed by atoms with van der Waals surface area (Å²) in [5.41, 5.74) is -0.479. The Bertz CT molecular complexity index is 580. The Kier molecular flexibility index (Phi) is 4.42. The summed E-state index contributed by atoms with van der Waals surface area (Å²) in [4.78, 5) is 14.1. The quantitative estimate of drug-likeness (QED) is 0.828. The van der Waals surface area contributed by atoms with E-state index < -0.39 is 15.5 Å². The summed E-state index contributed by atoms with van der Waals surface area (Å²) >= 11 is 0. The Labute approximate surface area is 113 Å². The molecule has 2 N–H and O–H groups in total. The third kappa shape index (κ3) is 3.45. The van der Waals surface area contributed by atoms with Crippen molar-refractivity contribution in [2.45, 2.75) is 50.0 Å². The minimum absolute atomic E-state index is 0.0768. The molecule has 1 saturated carbocycles. The molecule has 0 amide bonds. The molecule has 2 unspecified atom stereocenters. The molecule has 2 atom stereocenters. The van der Waals surface area contributed by atoms with Crippen LogP contribution in [0.1, 0.15) is 39.0 Å². The fraction of sp³-hybridized carbons (Fsp3) is 0.615. The molecule has 6 heteroatoms. The van der Waals surface area contributed by atoms with Crippen LogP contribution in [0.3, 0.4) is 0 Å². The SMILES string of the molecule is CC1CCCCCC1NS(=O)(=O)c1c[nH]ccc1=O. The smallest absolute Gasteiger partial charge is 0.246 e. The van der Waals surface area contributed by atoms with Crippen molar-refractivity contribution in [2.24, 2.45) is 5.92 Å². The van der Waals surface area contributed by atoms with E-state index in [-0.39, 0.29) is 10.9 Å². The highest BCUT2D eigenvalue weighted by atomic mass is 32.2. The van der Waals surface area contributed by atoms with Crippen molar-refractivity contribution in [1.82, 2.24) is 9.71 Å². The van der Waals surface area contributed by atoms with E-state index in [1.165, 1.54) is 18.5 Å². The molecule has 1 heterocycles. The number of sulfonamides is 1. The van der Waals surface area contributed by atoms with Crippen molar-refractivity contribution in [2.75, 3.05) is 0 Å². The van der Waals surface area contributed by atoms with Crippen molar-refractivity contribution in [3.8, 4) is 0 Å². The number of aromatic amines is 1. The summed E-state index contributed by atoms with van der Waals surface area (Å²) in [5.74, 6) is 0.306. The first-order valence-corrected chi connectivity index (χ1v) is 8.18. The van der Waals surface area contributed by atoms with E-state index >= 15 is 0 Å². The van der Waals surface area contributed by atoms with Gasteiger partial charge in [-0.05, 0) is 18.8 Å². The molecule has 0 aromatic carbocycles. The third-order valence-corrected chi connectivity index (χ3v) is 5.26. The van der Waals surface area contributed by atoms with Gasteiger partial charge in [-0.25, -0.2) is 13.1 Å². The lowest BCUT2D eigenvalue weighted by Crippen LogP contribution is -2.40. The largest absolute Gasteiger partial charge is 0.366 e. The molecule has 5 nitrogen and oxygen atoms in total. The number of hydrogen-bond donors (Lipinski definition) is 2. The van der Waals surface area contributed by atoms with Crippen molar-refractivity contribution in [3.63, 3.8) is 0 Å². The van der Waals surface area contributed by atoms with Gasteiger partial charge < -0.3 is 4.98 Å². The van der Waals surface area contributed by atoms with Crippen molar-refractivity contribution in [3.05, 3.63) is 28.7 Å². The van der Waals surface area contributed by atoms with Crippen LogP contribution in [0.5, 0.6) is 0 Å².